The molecule has 2 aliphatic rings. The number of pyridine rings is 1. The Balaban J connectivity index is 0.00000171. The van der Waals surface area contributed by atoms with Gasteiger partial charge in [-0.15, -0.1) is 24.8 Å². The fourth-order valence-electron chi connectivity index (χ4n) is 4.51. The van der Waals surface area contributed by atoms with Crippen LogP contribution in [0.2, 0.25) is 0 Å². The first-order chi connectivity index (χ1) is 14.2. The standard InChI is InChI=1S/C23H30N4O2.2ClH/c28-22(10-9-18-11-13-25-20-7-2-1-6-19(18)20)27-14-4-5-17(16-27)15-26-23(29)21-8-3-12-24-21;;/h1-2,6-7,11,13,17,21,24H,3-5,8-10,12,14-16H2,(H,26,29);2*1H. The number of para-hydroxylation sites is 1. The van der Waals surface area contributed by atoms with Gasteiger partial charge in [0.1, 0.15) is 0 Å². The quantitative estimate of drug-likeness (QED) is 0.685. The Labute approximate surface area is 196 Å². The maximum absolute atomic E-state index is 12.8. The van der Waals surface area contributed by atoms with Crippen LogP contribution in [0.5, 0.6) is 0 Å². The van der Waals surface area contributed by atoms with Gasteiger partial charge in [0.15, 0.2) is 0 Å². The molecule has 0 radical (unpaired) electrons. The maximum atomic E-state index is 12.8. The molecule has 2 aromatic rings. The normalized spacial score (nSPS) is 20.6. The molecule has 2 amide bonds. The first-order valence-electron chi connectivity index (χ1n) is 10.8. The summed E-state index contributed by atoms with van der Waals surface area (Å²) in [4.78, 5) is 31.4. The van der Waals surface area contributed by atoms with E-state index in [-0.39, 0.29) is 42.7 Å². The molecular formula is C23H32Cl2N4O2. The number of rotatable bonds is 6. The number of fused-ring (bicyclic) bond motifs is 1. The molecule has 0 aliphatic carbocycles. The average Bonchev–Trinajstić information content (AvgIpc) is 3.31. The summed E-state index contributed by atoms with van der Waals surface area (Å²) in [5.74, 6) is 0.662. The van der Waals surface area contributed by atoms with E-state index in [0.29, 0.717) is 18.9 Å². The van der Waals surface area contributed by atoms with Crippen LogP contribution in [0.25, 0.3) is 10.9 Å². The molecular weight excluding hydrogens is 435 g/mol. The van der Waals surface area contributed by atoms with Crippen molar-refractivity contribution in [3.63, 3.8) is 0 Å². The van der Waals surface area contributed by atoms with Crippen LogP contribution in [0.4, 0.5) is 0 Å². The lowest BCUT2D eigenvalue weighted by molar-refractivity contribution is -0.132. The summed E-state index contributed by atoms with van der Waals surface area (Å²) in [6, 6.07) is 10.1. The van der Waals surface area contributed by atoms with Crippen molar-refractivity contribution in [1.29, 1.82) is 0 Å². The molecule has 1 aromatic carbocycles. The largest absolute Gasteiger partial charge is 0.354 e. The highest BCUT2D eigenvalue weighted by Crippen LogP contribution is 2.20. The van der Waals surface area contributed by atoms with E-state index in [1.54, 1.807) is 0 Å². The van der Waals surface area contributed by atoms with E-state index in [9.17, 15) is 9.59 Å². The molecule has 1 aromatic heterocycles. The second-order valence-corrected chi connectivity index (χ2v) is 8.23. The summed E-state index contributed by atoms with van der Waals surface area (Å²) in [6.45, 7) is 3.16. The molecule has 2 saturated heterocycles. The van der Waals surface area contributed by atoms with Gasteiger partial charge in [0, 0.05) is 37.6 Å². The third-order valence-corrected chi connectivity index (χ3v) is 6.16. The fourth-order valence-corrected chi connectivity index (χ4v) is 4.51. The van der Waals surface area contributed by atoms with Crippen molar-refractivity contribution in [3.8, 4) is 0 Å². The van der Waals surface area contributed by atoms with Crippen molar-refractivity contribution in [2.45, 2.75) is 44.6 Å². The van der Waals surface area contributed by atoms with Crippen LogP contribution in [0.1, 0.15) is 37.7 Å². The molecule has 2 fully saturated rings. The second-order valence-electron chi connectivity index (χ2n) is 8.23. The molecule has 0 spiro atoms. The molecule has 2 aliphatic heterocycles. The zero-order valence-electron chi connectivity index (χ0n) is 17.7. The summed E-state index contributed by atoms with van der Waals surface area (Å²) >= 11 is 0. The SMILES string of the molecule is Cl.Cl.O=C(NCC1CCCN(C(=O)CCc2ccnc3ccccc23)C1)C1CCCN1. The predicted octanol–water partition coefficient (Wildman–Crippen LogP) is 3.12. The Hall–Kier alpha value is -1.89. The molecule has 0 bridgehead atoms. The minimum atomic E-state index is -0.0356. The maximum Gasteiger partial charge on any atom is 0.237 e. The number of nitrogens with one attached hydrogen (secondary N) is 2. The lowest BCUT2D eigenvalue weighted by atomic mass is 9.97. The lowest BCUT2D eigenvalue weighted by Crippen LogP contribution is -2.46. The monoisotopic (exact) mass is 466 g/mol. The summed E-state index contributed by atoms with van der Waals surface area (Å²) in [6.07, 6.45) is 7.12. The summed E-state index contributed by atoms with van der Waals surface area (Å²) < 4.78 is 0. The topological polar surface area (TPSA) is 74.3 Å². The molecule has 2 unspecified atom stereocenters. The highest BCUT2D eigenvalue weighted by atomic mass is 35.5. The Kier molecular flexibility index (Phi) is 10.0. The molecule has 3 heterocycles. The van der Waals surface area contributed by atoms with Gasteiger partial charge in [0.25, 0.3) is 0 Å². The van der Waals surface area contributed by atoms with E-state index < -0.39 is 0 Å². The van der Waals surface area contributed by atoms with Crippen molar-refractivity contribution in [2.24, 2.45) is 5.92 Å². The number of likely N-dealkylation sites (tertiary alicyclic amines) is 1. The number of carbonyl (C=O) groups excluding carboxylic acids is 2. The van der Waals surface area contributed by atoms with Crippen molar-refractivity contribution in [2.75, 3.05) is 26.2 Å². The minimum Gasteiger partial charge on any atom is -0.354 e. The van der Waals surface area contributed by atoms with E-state index in [1.807, 2.05) is 35.4 Å². The summed E-state index contributed by atoms with van der Waals surface area (Å²) in [7, 11) is 0. The fraction of sp³-hybridized carbons (Fsp3) is 0.522. The Morgan fingerprint density at radius 2 is 1.97 bits per heavy atom. The van der Waals surface area contributed by atoms with Crippen molar-refractivity contribution < 1.29 is 9.59 Å². The van der Waals surface area contributed by atoms with Crippen LogP contribution < -0.4 is 10.6 Å². The van der Waals surface area contributed by atoms with Gasteiger partial charge in [-0.2, -0.15) is 0 Å². The van der Waals surface area contributed by atoms with Gasteiger partial charge in [-0.1, -0.05) is 18.2 Å². The van der Waals surface area contributed by atoms with E-state index >= 15 is 0 Å². The van der Waals surface area contributed by atoms with Gasteiger partial charge in [-0.05, 0) is 62.3 Å². The number of hydrogen-bond donors (Lipinski definition) is 2. The highest BCUT2D eigenvalue weighted by molar-refractivity contribution is 5.86. The van der Waals surface area contributed by atoms with Crippen molar-refractivity contribution in [1.82, 2.24) is 20.5 Å². The first kappa shape index (κ1) is 25.4. The number of piperidine rings is 1. The number of halogens is 2. The number of aryl methyl sites for hydroxylation is 1. The molecule has 4 rings (SSSR count). The van der Waals surface area contributed by atoms with Gasteiger partial charge < -0.3 is 15.5 Å². The van der Waals surface area contributed by atoms with E-state index in [1.165, 1.54) is 5.56 Å². The number of benzene rings is 1. The molecule has 170 valence electrons. The van der Waals surface area contributed by atoms with Crippen LogP contribution >= 0.6 is 24.8 Å². The van der Waals surface area contributed by atoms with Gasteiger partial charge in [-0.3, -0.25) is 14.6 Å². The van der Waals surface area contributed by atoms with Crippen molar-refractivity contribution >= 4 is 47.5 Å². The molecule has 8 heteroatoms. The highest BCUT2D eigenvalue weighted by Gasteiger charge is 2.26. The Morgan fingerprint density at radius 1 is 1.13 bits per heavy atom. The van der Waals surface area contributed by atoms with Gasteiger partial charge in [0.05, 0.1) is 11.6 Å². The molecule has 31 heavy (non-hydrogen) atoms. The van der Waals surface area contributed by atoms with Crippen LogP contribution in [0.3, 0.4) is 0 Å². The Morgan fingerprint density at radius 3 is 2.77 bits per heavy atom. The van der Waals surface area contributed by atoms with E-state index in [0.717, 1.165) is 62.6 Å². The van der Waals surface area contributed by atoms with Gasteiger partial charge >= 0.3 is 0 Å². The number of nitrogens with zero attached hydrogens (tertiary/aromatic N) is 2. The zero-order chi connectivity index (χ0) is 20.1. The van der Waals surface area contributed by atoms with Crippen molar-refractivity contribution in [3.05, 3.63) is 42.1 Å². The third-order valence-electron chi connectivity index (χ3n) is 6.16. The van der Waals surface area contributed by atoms with E-state index in [2.05, 4.69) is 21.7 Å². The smallest absolute Gasteiger partial charge is 0.237 e. The van der Waals surface area contributed by atoms with Crippen LogP contribution in [0.15, 0.2) is 36.5 Å². The second kappa shape index (κ2) is 12.2. The first-order valence-corrected chi connectivity index (χ1v) is 10.8. The summed E-state index contributed by atoms with van der Waals surface area (Å²) in [5, 5.41) is 7.45. The summed E-state index contributed by atoms with van der Waals surface area (Å²) in [5.41, 5.74) is 2.15. The molecule has 0 saturated carbocycles. The number of aromatic nitrogens is 1. The van der Waals surface area contributed by atoms with Crippen LogP contribution in [0, 0.1) is 5.92 Å². The van der Waals surface area contributed by atoms with Gasteiger partial charge in [-0.25, -0.2) is 0 Å². The Bertz CT molecular complexity index is 868. The molecule has 2 atom stereocenters. The van der Waals surface area contributed by atoms with Crippen LogP contribution in [-0.2, 0) is 16.0 Å². The third kappa shape index (κ3) is 6.55. The van der Waals surface area contributed by atoms with Gasteiger partial charge in [0.2, 0.25) is 11.8 Å². The number of hydrogen-bond acceptors (Lipinski definition) is 4. The predicted molar refractivity (Wildman–Crippen MR) is 128 cm³/mol. The average molecular weight is 467 g/mol. The minimum absolute atomic E-state index is 0. The number of amides is 2. The zero-order valence-corrected chi connectivity index (χ0v) is 19.4. The molecule has 2 N–H and O–H groups in total. The number of carbonyl (C=O) groups is 2. The molecule has 6 nitrogen and oxygen atoms in total. The van der Waals surface area contributed by atoms with Crippen LogP contribution in [-0.4, -0.2) is 53.9 Å². The lowest BCUT2D eigenvalue weighted by Gasteiger charge is -2.33. The van der Waals surface area contributed by atoms with E-state index in [4.69, 9.17) is 0 Å².